The number of nitrogens with zero attached hydrogens (tertiary/aromatic N) is 1. The molecule has 0 radical (unpaired) electrons. The first-order valence-corrected chi connectivity index (χ1v) is 12.7. The van der Waals surface area contributed by atoms with Crippen molar-refractivity contribution in [2.45, 2.75) is 46.0 Å². The summed E-state index contributed by atoms with van der Waals surface area (Å²) in [5.41, 5.74) is 2.32. The molecule has 1 heterocycles. The highest BCUT2D eigenvalue weighted by Gasteiger charge is 2.32. The molecule has 5 nitrogen and oxygen atoms in total. The summed E-state index contributed by atoms with van der Waals surface area (Å²) in [6, 6.07) is 18.1. The summed E-state index contributed by atoms with van der Waals surface area (Å²) in [5, 5.41) is 9.72. The SMILES string of the molecule is Cc1ccc(C(=O)c2c(C)c3ccc(C(F)(F)F)cc3n2Cc2ccc(C=CCOC(C)(C)C(=O)O)cc2)cc1. The third-order valence-corrected chi connectivity index (χ3v) is 6.86. The highest BCUT2D eigenvalue weighted by Crippen LogP contribution is 2.35. The number of ether oxygens (including phenoxy) is 1. The molecule has 0 fully saturated rings. The van der Waals surface area contributed by atoms with Gasteiger partial charge in [0, 0.05) is 23.0 Å². The number of alkyl halides is 3. The van der Waals surface area contributed by atoms with Gasteiger partial charge in [0.25, 0.3) is 0 Å². The number of fused-ring (bicyclic) bond motifs is 1. The molecular weight excluding hydrogens is 519 g/mol. The molecule has 0 aliphatic carbocycles. The van der Waals surface area contributed by atoms with Crippen molar-refractivity contribution in [3.63, 3.8) is 0 Å². The molecule has 0 atom stereocenters. The molecule has 0 unspecified atom stereocenters. The van der Waals surface area contributed by atoms with E-state index in [9.17, 15) is 22.8 Å². The molecule has 0 aliphatic rings. The van der Waals surface area contributed by atoms with Gasteiger partial charge in [0.15, 0.2) is 5.60 Å². The Bertz CT molecular complexity index is 1580. The van der Waals surface area contributed by atoms with E-state index in [1.807, 2.05) is 43.3 Å². The summed E-state index contributed by atoms with van der Waals surface area (Å²) in [5.74, 6) is -1.31. The van der Waals surface area contributed by atoms with Crippen LogP contribution in [0.1, 0.15) is 57.7 Å². The smallest absolute Gasteiger partial charge is 0.416 e. The van der Waals surface area contributed by atoms with Crippen LogP contribution in [0.5, 0.6) is 0 Å². The number of carbonyl (C=O) groups excluding carboxylic acids is 1. The molecule has 208 valence electrons. The standard InChI is InChI=1S/C32H30F3NO4/c1-20-7-13-24(14-8-20)29(37)28-21(2)26-16-15-25(32(33,34)35)18-27(26)36(28)19-23-11-9-22(10-12-23)6-5-17-40-31(3,4)30(38)39/h5-16,18H,17,19H2,1-4H3,(H,38,39). The number of rotatable bonds is 9. The van der Waals surface area contributed by atoms with Crippen molar-refractivity contribution in [1.29, 1.82) is 0 Å². The Morgan fingerprint density at radius 2 is 1.60 bits per heavy atom. The number of carboxylic acid groups (broad SMARTS) is 1. The Balaban J connectivity index is 1.68. The molecule has 3 aromatic carbocycles. The fourth-order valence-corrected chi connectivity index (χ4v) is 4.42. The van der Waals surface area contributed by atoms with Crippen LogP contribution in [0.4, 0.5) is 13.2 Å². The van der Waals surface area contributed by atoms with Crippen molar-refractivity contribution in [2.24, 2.45) is 0 Å². The molecule has 0 amide bonds. The van der Waals surface area contributed by atoms with Crippen LogP contribution in [0.15, 0.2) is 72.8 Å². The minimum atomic E-state index is -4.52. The van der Waals surface area contributed by atoms with E-state index in [4.69, 9.17) is 9.84 Å². The number of carbonyl (C=O) groups is 2. The third-order valence-electron chi connectivity index (χ3n) is 6.86. The zero-order valence-corrected chi connectivity index (χ0v) is 22.7. The van der Waals surface area contributed by atoms with Crippen molar-refractivity contribution in [3.8, 4) is 0 Å². The highest BCUT2D eigenvalue weighted by molar-refractivity contribution is 6.12. The zero-order valence-electron chi connectivity index (χ0n) is 22.7. The maximum atomic E-state index is 13.7. The first-order valence-electron chi connectivity index (χ1n) is 12.7. The molecule has 40 heavy (non-hydrogen) atoms. The van der Waals surface area contributed by atoms with Gasteiger partial charge in [-0.1, -0.05) is 72.3 Å². The van der Waals surface area contributed by atoms with Gasteiger partial charge in [0.1, 0.15) is 0 Å². The number of aryl methyl sites for hydroxylation is 2. The summed E-state index contributed by atoms with van der Waals surface area (Å²) >= 11 is 0. The van der Waals surface area contributed by atoms with E-state index in [0.717, 1.165) is 28.8 Å². The van der Waals surface area contributed by atoms with E-state index in [2.05, 4.69) is 0 Å². The van der Waals surface area contributed by atoms with Crippen molar-refractivity contribution in [2.75, 3.05) is 6.61 Å². The van der Waals surface area contributed by atoms with Gasteiger partial charge in [-0.15, -0.1) is 0 Å². The van der Waals surface area contributed by atoms with Crippen LogP contribution in [-0.4, -0.2) is 33.6 Å². The monoisotopic (exact) mass is 549 g/mol. The molecule has 0 saturated heterocycles. The number of ketones is 1. The first kappa shape index (κ1) is 28.8. The van der Waals surface area contributed by atoms with E-state index >= 15 is 0 Å². The summed E-state index contributed by atoms with van der Waals surface area (Å²) in [6.07, 6.45) is -1.02. The van der Waals surface area contributed by atoms with Crippen LogP contribution in [0.3, 0.4) is 0 Å². The van der Waals surface area contributed by atoms with Crippen molar-refractivity contribution < 1.29 is 32.6 Å². The minimum Gasteiger partial charge on any atom is -0.479 e. The van der Waals surface area contributed by atoms with E-state index in [1.165, 1.54) is 19.9 Å². The first-order chi connectivity index (χ1) is 18.8. The quantitative estimate of drug-likeness (QED) is 0.220. The normalized spacial score (nSPS) is 12.4. The minimum absolute atomic E-state index is 0.113. The number of benzene rings is 3. The second kappa shape index (κ2) is 11.1. The Morgan fingerprint density at radius 1 is 0.950 bits per heavy atom. The van der Waals surface area contributed by atoms with Crippen LogP contribution in [0.25, 0.3) is 17.0 Å². The van der Waals surface area contributed by atoms with E-state index in [-0.39, 0.29) is 18.9 Å². The van der Waals surface area contributed by atoms with Crippen LogP contribution in [0, 0.1) is 13.8 Å². The van der Waals surface area contributed by atoms with Crippen LogP contribution < -0.4 is 0 Å². The maximum Gasteiger partial charge on any atom is 0.416 e. The Labute approximate surface area is 230 Å². The van der Waals surface area contributed by atoms with E-state index in [1.54, 1.807) is 35.8 Å². The highest BCUT2D eigenvalue weighted by atomic mass is 19.4. The molecule has 1 aromatic heterocycles. The molecule has 0 aliphatic heterocycles. The van der Waals surface area contributed by atoms with Gasteiger partial charge < -0.3 is 14.4 Å². The largest absolute Gasteiger partial charge is 0.479 e. The third kappa shape index (κ3) is 6.18. The number of hydrogen-bond donors (Lipinski definition) is 1. The Hall–Kier alpha value is -4.17. The Morgan fingerprint density at radius 3 is 2.20 bits per heavy atom. The average Bonchev–Trinajstić information content (AvgIpc) is 3.17. The zero-order chi connectivity index (χ0) is 29.2. The van der Waals surface area contributed by atoms with Gasteiger partial charge in [-0.2, -0.15) is 13.2 Å². The number of carboxylic acids is 1. The summed E-state index contributed by atoms with van der Waals surface area (Å²) in [4.78, 5) is 24.8. The Kier molecular flexibility index (Phi) is 8.03. The molecule has 0 spiro atoms. The molecule has 4 aromatic rings. The second-order valence-electron chi connectivity index (χ2n) is 10.3. The van der Waals surface area contributed by atoms with Gasteiger partial charge in [-0.3, -0.25) is 4.79 Å². The van der Waals surface area contributed by atoms with Crippen LogP contribution in [0.2, 0.25) is 0 Å². The average molecular weight is 550 g/mol. The van der Waals surface area contributed by atoms with Crippen LogP contribution in [-0.2, 0) is 22.3 Å². The van der Waals surface area contributed by atoms with Crippen LogP contribution >= 0.6 is 0 Å². The number of halogens is 3. The summed E-state index contributed by atoms with van der Waals surface area (Å²) in [6.45, 7) is 6.92. The predicted molar refractivity (Wildman–Crippen MR) is 149 cm³/mol. The maximum absolute atomic E-state index is 13.7. The lowest BCUT2D eigenvalue weighted by molar-refractivity contribution is -0.159. The van der Waals surface area contributed by atoms with Crippen molar-refractivity contribution >= 4 is 28.7 Å². The lowest BCUT2D eigenvalue weighted by atomic mass is 10.0. The molecule has 1 N–H and O–H groups in total. The molecular formula is C32H30F3NO4. The summed E-state index contributed by atoms with van der Waals surface area (Å²) in [7, 11) is 0. The molecule has 4 rings (SSSR count). The second-order valence-corrected chi connectivity index (χ2v) is 10.3. The number of aliphatic carboxylic acids is 1. The van der Waals surface area contributed by atoms with Gasteiger partial charge >= 0.3 is 12.1 Å². The molecule has 0 saturated carbocycles. The fourth-order valence-electron chi connectivity index (χ4n) is 4.42. The lowest BCUT2D eigenvalue weighted by Crippen LogP contribution is -2.34. The van der Waals surface area contributed by atoms with E-state index < -0.39 is 23.3 Å². The number of aromatic nitrogens is 1. The molecule has 8 heteroatoms. The van der Waals surface area contributed by atoms with Crippen molar-refractivity contribution in [3.05, 3.63) is 112 Å². The van der Waals surface area contributed by atoms with Gasteiger partial charge in [0.2, 0.25) is 5.78 Å². The van der Waals surface area contributed by atoms with Gasteiger partial charge in [0.05, 0.1) is 17.9 Å². The fraction of sp³-hybridized carbons (Fsp3) is 0.250. The van der Waals surface area contributed by atoms with Crippen molar-refractivity contribution in [1.82, 2.24) is 4.57 Å². The lowest BCUT2D eigenvalue weighted by Gasteiger charge is -2.18. The van der Waals surface area contributed by atoms with Gasteiger partial charge in [-0.05, 0) is 56.5 Å². The molecule has 0 bridgehead atoms. The topological polar surface area (TPSA) is 68.5 Å². The van der Waals surface area contributed by atoms with E-state index in [0.29, 0.717) is 27.7 Å². The summed E-state index contributed by atoms with van der Waals surface area (Å²) < 4.78 is 47.8. The number of hydrogen-bond acceptors (Lipinski definition) is 3. The predicted octanol–water partition coefficient (Wildman–Crippen LogP) is 7.45. The van der Waals surface area contributed by atoms with Gasteiger partial charge in [-0.25, -0.2) is 4.79 Å².